The summed E-state index contributed by atoms with van der Waals surface area (Å²) in [6.45, 7) is 3.16. The SMILES string of the molecule is COc1ccc(CCN2C(=O)N[C@H](CC(=O)NCCn3ccnc3C)C2=O)cc1. The number of hydrogen-bond donors (Lipinski definition) is 2. The van der Waals surface area contributed by atoms with Crippen molar-refractivity contribution < 1.29 is 19.1 Å². The maximum Gasteiger partial charge on any atom is 0.324 e. The van der Waals surface area contributed by atoms with Crippen molar-refractivity contribution >= 4 is 17.8 Å². The van der Waals surface area contributed by atoms with Gasteiger partial charge in [-0.1, -0.05) is 12.1 Å². The number of carbonyl (C=O) groups is 3. The second kappa shape index (κ2) is 9.22. The van der Waals surface area contributed by atoms with Crippen molar-refractivity contribution in [1.29, 1.82) is 0 Å². The van der Waals surface area contributed by atoms with E-state index in [2.05, 4.69) is 15.6 Å². The summed E-state index contributed by atoms with van der Waals surface area (Å²) >= 11 is 0. The molecule has 0 spiro atoms. The Morgan fingerprint density at radius 3 is 2.66 bits per heavy atom. The van der Waals surface area contributed by atoms with Crippen LogP contribution in [0.5, 0.6) is 5.75 Å². The zero-order valence-corrected chi connectivity index (χ0v) is 16.6. The summed E-state index contributed by atoms with van der Waals surface area (Å²) in [5.74, 6) is 0.963. The van der Waals surface area contributed by atoms with E-state index in [0.29, 0.717) is 19.5 Å². The van der Waals surface area contributed by atoms with E-state index in [-0.39, 0.29) is 24.8 Å². The van der Waals surface area contributed by atoms with Gasteiger partial charge in [0.15, 0.2) is 0 Å². The quantitative estimate of drug-likeness (QED) is 0.609. The molecule has 1 aromatic carbocycles. The lowest BCUT2D eigenvalue weighted by Gasteiger charge is -2.13. The summed E-state index contributed by atoms with van der Waals surface area (Å²) in [5.41, 5.74) is 0.988. The van der Waals surface area contributed by atoms with Gasteiger partial charge in [-0.3, -0.25) is 14.5 Å². The number of aromatic nitrogens is 2. The van der Waals surface area contributed by atoms with Gasteiger partial charge in [-0.25, -0.2) is 9.78 Å². The fourth-order valence-corrected chi connectivity index (χ4v) is 3.17. The summed E-state index contributed by atoms with van der Waals surface area (Å²) in [6, 6.07) is 6.16. The van der Waals surface area contributed by atoms with E-state index in [1.807, 2.05) is 42.0 Å². The number of aryl methyl sites for hydroxylation is 1. The van der Waals surface area contributed by atoms with Crippen molar-refractivity contribution in [3.05, 3.63) is 48.0 Å². The number of urea groups is 1. The van der Waals surface area contributed by atoms with Gasteiger partial charge in [-0.05, 0) is 31.0 Å². The molecule has 3 rings (SSSR count). The lowest BCUT2D eigenvalue weighted by Crippen LogP contribution is -2.37. The minimum absolute atomic E-state index is 0.0769. The molecule has 1 aliphatic rings. The Bertz CT molecular complexity index is 877. The predicted octanol–water partition coefficient (Wildman–Crippen LogP) is 0.870. The van der Waals surface area contributed by atoms with Gasteiger partial charge in [0.2, 0.25) is 5.91 Å². The van der Waals surface area contributed by atoms with Crippen molar-refractivity contribution in [2.45, 2.75) is 32.4 Å². The number of imidazole rings is 1. The molecule has 1 fully saturated rings. The molecular weight excluding hydrogens is 374 g/mol. The van der Waals surface area contributed by atoms with Crippen molar-refractivity contribution in [2.75, 3.05) is 20.2 Å². The number of amides is 4. The minimum Gasteiger partial charge on any atom is -0.497 e. The maximum atomic E-state index is 12.5. The fourth-order valence-electron chi connectivity index (χ4n) is 3.17. The molecule has 0 radical (unpaired) electrons. The highest BCUT2D eigenvalue weighted by atomic mass is 16.5. The van der Waals surface area contributed by atoms with E-state index < -0.39 is 12.1 Å². The number of methoxy groups -OCH3 is 1. The van der Waals surface area contributed by atoms with Gasteiger partial charge in [0.05, 0.1) is 13.5 Å². The number of ether oxygens (including phenoxy) is 1. The first-order chi connectivity index (χ1) is 14.0. The first-order valence-electron chi connectivity index (χ1n) is 9.47. The molecule has 4 amide bonds. The second-order valence-electron chi connectivity index (χ2n) is 6.81. The third-order valence-electron chi connectivity index (χ3n) is 4.88. The Morgan fingerprint density at radius 2 is 2.00 bits per heavy atom. The maximum absolute atomic E-state index is 12.5. The molecule has 1 atom stereocenters. The van der Waals surface area contributed by atoms with Gasteiger partial charge in [0, 0.05) is 32.0 Å². The number of hydrogen-bond acceptors (Lipinski definition) is 5. The Kier molecular flexibility index (Phi) is 6.48. The zero-order chi connectivity index (χ0) is 20.8. The van der Waals surface area contributed by atoms with Crippen molar-refractivity contribution in [3.8, 4) is 5.75 Å². The van der Waals surface area contributed by atoms with Crippen molar-refractivity contribution in [3.63, 3.8) is 0 Å². The number of nitrogens with zero attached hydrogens (tertiary/aromatic N) is 3. The molecular formula is C20H25N5O4. The van der Waals surface area contributed by atoms with Crippen LogP contribution in [0.1, 0.15) is 17.8 Å². The van der Waals surface area contributed by atoms with Gasteiger partial charge in [-0.2, -0.15) is 0 Å². The summed E-state index contributed by atoms with van der Waals surface area (Å²) in [5, 5.41) is 5.37. The largest absolute Gasteiger partial charge is 0.497 e. The van der Waals surface area contributed by atoms with Crippen LogP contribution in [0.15, 0.2) is 36.7 Å². The highest BCUT2D eigenvalue weighted by molar-refractivity contribution is 6.05. The molecule has 0 unspecified atom stereocenters. The van der Waals surface area contributed by atoms with Crippen LogP contribution in [0, 0.1) is 6.92 Å². The van der Waals surface area contributed by atoms with Gasteiger partial charge in [0.1, 0.15) is 17.6 Å². The Morgan fingerprint density at radius 1 is 1.24 bits per heavy atom. The normalized spacial score (nSPS) is 16.1. The topological polar surface area (TPSA) is 106 Å². The van der Waals surface area contributed by atoms with Gasteiger partial charge in [0.25, 0.3) is 5.91 Å². The molecule has 0 saturated carbocycles. The number of benzene rings is 1. The molecule has 0 bridgehead atoms. The van der Waals surface area contributed by atoms with E-state index in [0.717, 1.165) is 22.0 Å². The monoisotopic (exact) mass is 399 g/mol. The van der Waals surface area contributed by atoms with Gasteiger partial charge in [-0.15, -0.1) is 0 Å². The molecule has 154 valence electrons. The summed E-state index contributed by atoms with van der Waals surface area (Å²) in [4.78, 5) is 42.1. The first-order valence-corrected chi connectivity index (χ1v) is 9.47. The second-order valence-corrected chi connectivity index (χ2v) is 6.81. The molecule has 1 aromatic heterocycles. The molecule has 1 saturated heterocycles. The number of imide groups is 1. The van der Waals surface area contributed by atoms with Crippen molar-refractivity contribution in [2.24, 2.45) is 0 Å². The van der Waals surface area contributed by atoms with Crippen LogP contribution in [-0.2, 0) is 22.6 Å². The molecule has 9 nitrogen and oxygen atoms in total. The number of nitrogens with one attached hydrogen (secondary N) is 2. The molecule has 2 heterocycles. The van der Waals surface area contributed by atoms with E-state index in [1.165, 1.54) is 0 Å². The summed E-state index contributed by atoms with van der Waals surface area (Å²) < 4.78 is 7.04. The van der Waals surface area contributed by atoms with Gasteiger partial charge >= 0.3 is 6.03 Å². The standard InChI is InChI=1S/C20H25N5O4/c1-14-21-8-11-24(14)12-9-22-18(26)13-17-19(27)25(20(28)23-17)10-7-15-3-5-16(29-2)6-4-15/h3-6,8,11,17H,7,9-10,12-13H2,1-2H3,(H,22,26)(H,23,28)/t17-/m1/s1. The molecule has 2 N–H and O–H groups in total. The molecule has 9 heteroatoms. The minimum atomic E-state index is -0.826. The highest BCUT2D eigenvalue weighted by Crippen LogP contribution is 2.14. The van der Waals surface area contributed by atoms with E-state index in [4.69, 9.17) is 4.74 Å². The zero-order valence-electron chi connectivity index (χ0n) is 16.6. The van der Waals surface area contributed by atoms with Crippen molar-refractivity contribution in [1.82, 2.24) is 25.1 Å². The third kappa shape index (κ3) is 5.13. The van der Waals surface area contributed by atoms with Crippen LogP contribution >= 0.6 is 0 Å². The number of carbonyl (C=O) groups excluding carboxylic acids is 3. The smallest absolute Gasteiger partial charge is 0.324 e. The Labute approximate surface area is 169 Å². The first kappa shape index (κ1) is 20.4. The number of rotatable bonds is 9. The molecule has 1 aliphatic heterocycles. The summed E-state index contributed by atoms with van der Waals surface area (Å²) in [7, 11) is 1.59. The third-order valence-corrected chi connectivity index (χ3v) is 4.88. The Hall–Kier alpha value is -3.36. The summed E-state index contributed by atoms with van der Waals surface area (Å²) in [6.07, 6.45) is 3.99. The van der Waals surface area contributed by atoms with Crippen LogP contribution in [0.25, 0.3) is 0 Å². The Balaban J connectivity index is 1.45. The molecule has 2 aromatic rings. The predicted molar refractivity (Wildman–Crippen MR) is 105 cm³/mol. The fraction of sp³-hybridized carbons (Fsp3) is 0.400. The van der Waals surface area contributed by atoms with Gasteiger partial charge < -0.3 is 19.9 Å². The molecule has 29 heavy (non-hydrogen) atoms. The van der Waals surface area contributed by atoms with Crippen LogP contribution in [0.3, 0.4) is 0 Å². The lowest BCUT2D eigenvalue weighted by atomic mass is 10.1. The van der Waals surface area contributed by atoms with Crippen LogP contribution in [0.2, 0.25) is 0 Å². The van der Waals surface area contributed by atoms with Crippen LogP contribution in [-0.4, -0.2) is 58.5 Å². The van der Waals surface area contributed by atoms with E-state index in [1.54, 1.807) is 13.3 Å². The average Bonchev–Trinajstić information content (AvgIpc) is 3.23. The van der Waals surface area contributed by atoms with E-state index >= 15 is 0 Å². The van der Waals surface area contributed by atoms with Crippen LogP contribution < -0.4 is 15.4 Å². The highest BCUT2D eigenvalue weighted by Gasteiger charge is 2.38. The molecule has 0 aliphatic carbocycles. The van der Waals surface area contributed by atoms with Crippen LogP contribution in [0.4, 0.5) is 4.79 Å². The lowest BCUT2D eigenvalue weighted by molar-refractivity contribution is -0.130. The van der Waals surface area contributed by atoms with E-state index in [9.17, 15) is 14.4 Å². The average molecular weight is 399 g/mol.